The molecule has 1 fully saturated rings. The van der Waals surface area contributed by atoms with Crippen LogP contribution in [0.3, 0.4) is 0 Å². The van der Waals surface area contributed by atoms with Gasteiger partial charge in [0.25, 0.3) is 0 Å². The molecule has 4 nitrogen and oxygen atoms in total. The summed E-state index contributed by atoms with van der Waals surface area (Å²) in [4.78, 5) is 2.45. The first-order valence-corrected chi connectivity index (χ1v) is 13.1. The fourth-order valence-electron chi connectivity index (χ4n) is 4.33. The van der Waals surface area contributed by atoms with Crippen molar-refractivity contribution in [2.75, 3.05) is 18.0 Å². The van der Waals surface area contributed by atoms with Gasteiger partial charge in [0.15, 0.2) is 9.84 Å². The minimum absolute atomic E-state index is 0.115. The number of hydrogen-bond acceptors (Lipinski definition) is 4. The molecule has 1 heterocycles. The Kier molecular flexibility index (Phi) is 7.48. The van der Waals surface area contributed by atoms with Gasteiger partial charge in [-0.1, -0.05) is 30.3 Å². The van der Waals surface area contributed by atoms with Crippen molar-refractivity contribution in [3.63, 3.8) is 0 Å². The standard InChI is InChI=1S/C26H37NO3S/c1-18(2)31(28,29)17-24-9-7-23(8-10-24)11-12-25-13-14-26(22(6)21(25)5)27-15-19(3)30-20(4)16-27/h7-10,13-14,18-20H,11-12,15-17H2,1-6H3/t19-,20+. The van der Waals surface area contributed by atoms with E-state index in [1.165, 1.54) is 27.9 Å². The molecule has 2 atom stereocenters. The Balaban J connectivity index is 1.66. The van der Waals surface area contributed by atoms with E-state index in [2.05, 4.69) is 56.9 Å². The minimum atomic E-state index is -3.06. The van der Waals surface area contributed by atoms with E-state index in [1.54, 1.807) is 13.8 Å². The van der Waals surface area contributed by atoms with Crippen LogP contribution in [0.15, 0.2) is 36.4 Å². The molecule has 0 bridgehead atoms. The van der Waals surface area contributed by atoms with Crippen LogP contribution in [-0.2, 0) is 33.2 Å². The molecular weight excluding hydrogens is 406 g/mol. The van der Waals surface area contributed by atoms with E-state index in [1.807, 2.05) is 12.1 Å². The molecule has 5 heteroatoms. The topological polar surface area (TPSA) is 46.6 Å². The fourth-order valence-corrected chi connectivity index (χ4v) is 5.32. The predicted octanol–water partition coefficient (Wildman–Crippen LogP) is 5.03. The molecule has 1 aliphatic rings. The number of anilines is 1. The summed E-state index contributed by atoms with van der Waals surface area (Å²) in [7, 11) is -3.06. The van der Waals surface area contributed by atoms with Gasteiger partial charge in [-0.25, -0.2) is 8.42 Å². The summed E-state index contributed by atoms with van der Waals surface area (Å²) in [5.41, 5.74) is 7.52. The lowest BCUT2D eigenvalue weighted by Crippen LogP contribution is -2.45. The van der Waals surface area contributed by atoms with E-state index >= 15 is 0 Å². The summed E-state index contributed by atoms with van der Waals surface area (Å²) in [5.74, 6) is 0.115. The summed E-state index contributed by atoms with van der Waals surface area (Å²) in [6.45, 7) is 14.1. The Morgan fingerprint density at radius 3 is 2.06 bits per heavy atom. The summed E-state index contributed by atoms with van der Waals surface area (Å²) >= 11 is 0. The van der Waals surface area contributed by atoms with Crippen molar-refractivity contribution in [1.82, 2.24) is 0 Å². The van der Waals surface area contributed by atoms with Crippen LogP contribution in [0, 0.1) is 13.8 Å². The van der Waals surface area contributed by atoms with Crippen molar-refractivity contribution >= 4 is 15.5 Å². The molecule has 0 aliphatic carbocycles. The highest BCUT2D eigenvalue weighted by molar-refractivity contribution is 7.91. The maximum Gasteiger partial charge on any atom is 0.156 e. The van der Waals surface area contributed by atoms with E-state index < -0.39 is 9.84 Å². The van der Waals surface area contributed by atoms with Crippen LogP contribution < -0.4 is 4.90 Å². The first-order valence-electron chi connectivity index (χ1n) is 11.4. The molecule has 170 valence electrons. The summed E-state index contributed by atoms with van der Waals surface area (Å²) in [6, 6.07) is 12.6. The van der Waals surface area contributed by atoms with E-state index in [4.69, 9.17) is 4.74 Å². The van der Waals surface area contributed by atoms with E-state index in [-0.39, 0.29) is 23.2 Å². The quantitative estimate of drug-likeness (QED) is 0.602. The molecule has 0 N–H and O–H groups in total. The van der Waals surface area contributed by atoms with Gasteiger partial charge in [0.05, 0.1) is 23.2 Å². The van der Waals surface area contributed by atoms with Gasteiger partial charge in [-0.05, 0) is 88.3 Å². The Bertz CT molecular complexity index is 986. The van der Waals surface area contributed by atoms with Gasteiger partial charge >= 0.3 is 0 Å². The number of rotatable bonds is 7. The molecule has 31 heavy (non-hydrogen) atoms. The minimum Gasteiger partial charge on any atom is -0.372 e. The lowest BCUT2D eigenvalue weighted by Gasteiger charge is -2.38. The molecule has 1 saturated heterocycles. The maximum atomic E-state index is 12.1. The van der Waals surface area contributed by atoms with Crippen molar-refractivity contribution in [3.05, 3.63) is 64.2 Å². The Hall–Kier alpha value is -1.85. The summed E-state index contributed by atoms with van der Waals surface area (Å²) in [6.07, 6.45) is 2.43. The van der Waals surface area contributed by atoms with Crippen molar-refractivity contribution in [3.8, 4) is 0 Å². The summed E-state index contributed by atoms with van der Waals surface area (Å²) in [5, 5.41) is -0.342. The van der Waals surface area contributed by atoms with Crippen molar-refractivity contribution in [2.24, 2.45) is 0 Å². The Morgan fingerprint density at radius 2 is 1.48 bits per heavy atom. The number of benzene rings is 2. The highest BCUT2D eigenvalue weighted by Crippen LogP contribution is 2.29. The molecule has 0 spiro atoms. The van der Waals surface area contributed by atoms with E-state index in [0.717, 1.165) is 31.5 Å². The monoisotopic (exact) mass is 443 g/mol. The Morgan fingerprint density at radius 1 is 0.903 bits per heavy atom. The van der Waals surface area contributed by atoms with E-state index in [9.17, 15) is 8.42 Å². The largest absolute Gasteiger partial charge is 0.372 e. The molecule has 0 radical (unpaired) electrons. The molecule has 3 rings (SSSR count). The first-order chi connectivity index (χ1) is 14.6. The SMILES string of the molecule is Cc1c(CCc2ccc(CS(=O)(=O)C(C)C)cc2)ccc(N2C[C@@H](C)O[C@@H](C)C2)c1C. The normalized spacial score (nSPS) is 19.8. The highest BCUT2D eigenvalue weighted by atomic mass is 32.2. The second kappa shape index (κ2) is 9.74. The van der Waals surface area contributed by atoms with Gasteiger partial charge in [0, 0.05) is 18.8 Å². The average Bonchev–Trinajstić information content (AvgIpc) is 2.69. The molecular formula is C26H37NO3S. The first kappa shape index (κ1) is 23.8. The van der Waals surface area contributed by atoms with Gasteiger partial charge in [0.2, 0.25) is 0 Å². The third kappa shape index (κ3) is 5.89. The molecule has 0 saturated carbocycles. The predicted molar refractivity (Wildman–Crippen MR) is 130 cm³/mol. The zero-order chi connectivity index (χ0) is 22.8. The molecule has 2 aromatic rings. The third-order valence-corrected chi connectivity index (χ3v) is 8.60. The van der Waals surface area contributed by atoms with Crippen LogP contribution >= 0.6 is 0 Å². The molecule has 1 aliphatic heterocycles. The second-order valence-corrected chi connectivity index (χ2v) is 11.9. The van der Waals surface area contributed by atoms with Crippen LogP contribution in [0.2, 0.25) is 0 Å². The van der Waals surface area contributed by atoms with Crippen LogP contribution in [0.4, 0.5) is 5.69 Å². The van der Waals surface area contributed by atoms with Gasteiger partial charge in [-0.2, -0.15) is 0 Å². The molecule has 0 amide bonds. The Labute approximate surface area is 188 Å². The third-order valence-electron chi connectivity index (χ3n) is 6.42. The van der Waals surface area contributed by atoms with Crippen molar-refractivity contribution < 1.29 is 13.2 Å². The molecule has 0 aromatic heterocycles. The van der Waals surface area contributed by atoms with Gasteiger partial charge < -0.3 is 9.64 Å². The zero-order valence-corrected chi connectivity index (χ0v) is 20.6. The zero-order valence-electron chi connectivity index (χ0n) is 19.8. The molecule has 0 unspecified atom stereocenters. The second-order valence-electron chi connectivity index (χ2n) is 9.33. The van der Waals surface area contributed by atoms with Crippen LogP contribution in [0.5, 0.6) is 0 Å². The fraction of sp³-hybridized carbons (Fsp3) is 0.538. The van der Waals surface area contributed by atoms with Gasteiger partial charge in [-0.15, -0.1) is 0 Å². The maximum absolute atomic E-state index is 12.1. The number of hydrogen-bond donors (Lipinski definition) is 0. The molecule has 2 aromatic carbocycles. The van der Waals surface area contributed by atoms with Crippen LogP contribution in [0.1, 0.15) is 55.5 Å². The average molecular weight is 444 g/mol. The lowest BCUT2D eigenvalue weighted by atomic mass is 9.95. The van der Waals surface area contributed by atoms with Crippen molar-refractivity contribution in [2.45, 2.75) is 77.6 Å². The van der Waals surface area contributed by atoms with Crippen LogP contribution in [0.25, 0.3) is 0 Å². The number of ether oxygens (including phenoxy) is 1. The lowest BCUT2D eigenvalue weighted by molar-refractivity contribution is -0.00525. The van der Waals surface area contributed by atoms with Gasteiger partial charge in [0.1, 0.15) is 0 Å². The smallest absolute Gasteiger partial charge is 0.156 e. The van der Waals surface area contributed by atoms with Crippen LogP contribution in [-0.4, -0.2) is 39.0 Å². The summed E-state index contributed by atoms with van der Waals surface area (Å²) < 4.78 is 30.2. The van der Waals surface area contributed by atoms with Gasteiger partial charge in [-0.3, -0.25) is 0 Å². The number of aryl methyl sites for hydroxylation is 2. The number of nitrogens with zero attached hydrogens (tertiary/aromatic N) is 1. The van der Waals surface area contributed by atoms with Crippen molar-refractivity contribution in [1.29, 1.82) is 0 Å². The number of morpholine rings is 1. The van der Waals surface area contributed by atoms with E-state index in [0.29, 0.717) is 0 Å². The number of sulfone groups is 1. The highest BCUT2D eigenvalue weighted by Gasteiger charge is 2.24.